The third-order valence-corrected chi connectivity index (χ3v) is 5.99. The Morgan fingerprint density at radius 2 is 1.88 bits per heavy atom. The van der Waals surface area contributed by atoms with Crippen molar-refractivity contribution in [2.75, 3.05) is 17.7 Å². The smallest absolute Gasteiger partial charge is 0.338 e. The van der Waals surface area contributed by atoms with Crippen LogP contribution in [0.4, 0.5) is 5.69 Å². The van der Waals surface area contributed by atoms with Crippen LogP contribution in [-0.2, 0) is 16.6 Å². The Bertz CT molecular complexity index is 1140. The van der Waals surface area contributed by atoms with Gasteiger partial charge in [-0.25, -0.2) is 4.79 Å². The molecule has 11 heteroatoms. The van der Waals surface area contributed by atoms with E-state index in [1.807, 2.05) is 6.92 Å². The monoisotopic (exact) mass is 508 g/mol. The number of nitrogens with zero attached hydrogens (tertiary/aromatic N) is 3. The average molecular weight is 509 g/mol. The molecule has 1 aromatic heterocycles. The second kappa shape index (κ2) is 11.4. The number of ether oxygens (including phenoxy) is 2. The number of halogens is 2. The summed E-state index contributed by atoms with van der Waals surface area (Å²) in [5, 5.41) is 12.6. The van der Waals surface area contributed by atoms with Crippen molar-refractivity contribution in [3.05, 3.63) is 63.9 Å². The molecule has 174 valence electrons. The molecule has 1 atom stereocenters. The summed E-state index contributed by atoms with van der Waals surface area (Å²) in [6, 6.07) is 11.5. The number of nitrogens with one attached hydrogen (secondary N) is 1. The SMILES string of the molecule is CCOC(=O)c1ccc(NC(=O)CSc2nnc(C(C)Oc3ccc(Cl)cc3Cl)n2C)cc1. The van der Waals surface area contributed by atoms with Crippen molar-refractivity contribution < 1.29 is 19.1 Å². The molecular weight excluding hydrogens is 487 g/mol. The van der Waals surface area contributed by atoms with Gasteiger partial charge in [-0.1, -0.05) is 35.0 Å². The van der Waals surface area contributed by atoms with Crippen LogP contribution in [-0.4, -0.2) is 39.0 Å². The van der Waals surface area contributed by atoms with Gasteiger partial charge in [0, 0.05) is 17.8 Å². The Balaban J connectivity index is 1.55. The summed E-state index contributed by atoms with van der Waals surface area (Å²) in [6.07, 6.45) is -0.428. The van der Waals surface area contributed by atoms with Crippen molar-refractivity contribution in [2.45, 2.75) is 25.1 Å². The van der Waals surface area contributed by atoms with E-state index in [-0.39, 0.29) is 11.7 Å². The van der Waals surface area contributed by atoms with Crippen LogP contribution in [0.2, 0.25) is 10.0 Å². The minimum absolute atomic E-state index is 0.129. The molecule has 0 fully saturated rings. The molecule has 0 spiro atoms. The van der Waals surface area contributed by atoms with Gasteiger partial charge in [-0.05, 0) is 56.3 Å². The summed E-state index contributed by atoms with van der Waals surface area (Å²) >= 11 is 13.3. The fraction of sp³-hybridized carbons (Fsp3) is 0.273. The molecule has 8 nitrogen and oxygen atoms in total. The number of hydrogen-bond donors (Lipinski definition) is 1. The number of carbonyl (C=O) groups is 2. The van der Waals surface area contributed by atoms with E-state index in [4.69, 9.17) is 32.7 Å². The van der Waals surface area contributed by atoms with Crippen molar-refractivity contribution >= 4 is 52.5 Å². The molecule has 3 rings (SSSR count). The van der Waals surface area contributed by atoms with Gasteiger partial charge in [0.25, 0.3) is 0 Å². The van der Waals surface area contributed by atoms with Crippen molar-refractivity contribution in [1.29, 1.82) is 0 Å². The van der Waals surface area contributed by atoms with Gasteiger partial charge in [0.1, 0.15) is 5.75 Å². The molecule has 0 aliphatic rings. The maximum Gasteiger partial charge on any atom is 0.338 e. The third-order valence-electron chi connectivity index (χ3n) is 4.44. The maximum absolute atomic E-state index is 12.3. The number of carbonyl (C=O) groups excluding carboxylic acids is 2. The van der Waals surface area contributed by atoms with E-state index in [1.54, 1.807) is 61.0 Å². The van der Waals surface area contributed by atoms with E-state index in [2.05, 4.69) is 15.5 Å². The summed E-state index contributed by atoms with van der Waals surface area (Å²) in [5.41, 5.74) is 1.00. The molecule has 33 heavy (non-hydrogen) atoms. The lowest BCUT2D eigenvalue weighted by Crippen LogP contribution is -2.15. The summed E-state index contributed by atoms with van der Waals surface area (Å²) in [7, 11) is 1.80. The minimum atomic E-state index is -0.428. The van der Waals surface area contributed by atoms with Crippen molar-refractivity contribution in [1.82, 2.24) is 14.8 Å². The zero-order chi connectivity index (χ0) is 24.0. The Labute approximate surface area is 205 Å². The van der Waals surface area contributed by atoms with E-state index in [0.717, 1.165) is 0 Å². The van der Waals surface area contributed by atoms with Crippen LogP contribution in [0.1, 0.15) is 36.1 Å². The topological polar surface area (TPSA) is 95.3 Å². The first-order valence-electron chi connectivity index (χ1n) is 9.99. The van der Waals surface area contributed by atoms with Gasteiger partial charge < -0.3 is 19.4 Å². The standard InChI is InChI=1S/C22H22Cl2N4O4S/c1-4-31-21(30)14-5-8-16(9-6-14)25-19(29)12-33-22-27-26-20(28(22)3)13(2)32-18-10-7-15(23)11-17(18)24/h5-11,13H,4,12H2,1-3H3,(H,25,29). The van der Waals surface area contributed by atoms with Gasteiger partial charge in [0.2, 0.25) is 5.91 Å². The second-order valence-corrected chi connectivity index (χ2v) is 8.66. The van der Waals surface area contributed by atoms with E-state index >= 15 is 0 Å². The van der Waals surface area contributed by atoms with Gasteiger partial charge in [0.15, 0.2) is 17.1 Å². The highest BCUT2D eigenvalue weighted by molar-refractivity contribution is 7.99. The number of anilines is 1. The van der Waals surface area contributed by atoms with Crippen LogP contribution in [0.15, 0.2) is 47.6 Å². The quantitative estimate of drug-likeness (QED) is 0.314. The molecule has 1 N–H and O–H groups in total. The van der Waals surface area contributed by atoms with Gasteiger partial charge >= 0.3 is 5.97 Å². The third kappa shape index (κ3) is 6.63. The average Bonchev–Trinajstić information content (AvgIpc) is 3.15. The zero-order valence-corrected chi connectivity index (χ0v) is 20.5. The van der Waals surface area contributed by atoms with Crippen molar-refractivity contribution in [2.24, 2.45) is 7.05 Å². The van der Waals surface area contributed by atoms with E-state index in [0.29, 0.717) is 44.6 Å². The molecule has 1 unspecified atom stereocenters. The Morgan fingerprint density at radius 3 is 2.55 bits per heavy atom. The van der Waals surface area contributed by atoms with Crippen LogP contribution < -0.4 is 10.1 Å². The van der Waals surface area contributed by atoms with Crippen LogP contribution in [0.3, 0.4) is 0 Å². The number of rotatable bonds is 9. The predicted octanol–water partition coefficient (Wildman–Crippen LogP) is 5.17. The highest BCUT2D eigenvalue weighted by Gasteiger charge is 2.19. The lowest BCUT2D eigenvalue weighted by molar-refractivity contribution is -0.113. The van der Waals surface area contributed by atoms with Crippen LogP contribution in [0, 0.1) is 0 Å². The first kappa shape index (κ1) is 24.9. The summed E-state index contributed by atoms with van der Waals surface area (Å²) in [4.78, 5) is 24.0. The number of aromatic nitrogens is 3. The molecule has 1 amide bonds. The molecule has 0 radical (unpaired) electrons. The number of benzene rings is 2. The lowest BCUT2D eigenvalue weighted by Gasteiger charge is -2.15. The lowest BCUT2D eigenvalue weighted by atomic mass is 10.2. The van der Waals surface area contributed by atoms with E-state index in [1.165, 1.54) is 11.8 Å². The fourth-order valence-electron chi connectivity index (χ4n) is 2.85. The van der Waals surface area contributed by atoms with Crippen molar-refractivity contribution in [3.8, 4) is 5.75 Å². The molecule has 0 bridgehead atoms. The molecule has 0 saturated heterocycles. The normalized spacial score (nSPS) is 11.7. The zero-order valence-electron chi connectivity index (χ0n) is 18.2. The second-order valence-electron chi connectivity index (χ2n) is 6.87. The molecule has 1 heterocycles. The Hall–Kier alpha value is -2.75. The first-order valence-corrected chi connectivity index (χ1v) is 11.7. The van der Waals surface area contributed by atoms with Crippen LogP contribution >= 0.6 is 35.0 Å². The molecule has 0 aliphatic carbocycles. The summed E-state index contributed by atoms with van der Waals surface area (Å²) in [5.74, 6) is 0.577. The highest BCUT2D eigenvalue weighted by atomic mass is 35.5. The van der Waals surface area contributed by atoms with Crippen molar-refractivity contribution in [3.63, 3.8) is 0 Å². The number of thioether (sulfide) groups is 1. The van der Waals surface area contributed by atoms with E-state index < -0.39 is 12.1 Å². The van der Waals surface area contributed by atoms with Crippen LogP contribution in [0.5, 0.6) is 5.75 Å². The maximum atomic E-state index is 12.3. The Kier molecular flexibility index (Phi) is 8.60. The molecule has 0 aliphatic heterocycles. The number of hydrogen-bond acceptors (Lipinski definition) is 7. The fourth-order valence-corrected chi connectivity index (χ4v) is 4.02. The first-order chi connectivity index (χ1) is 15.8. The van der Waals surface area contributed by atoms with Gasteiger partial charge in [-0.2, -0.15) is 0 Å². The number of esters is 1. The van der Waals surface area contributed by atoms with Gasteiger partial charge in [-0.15, -0.1) is 10.2 Å². The highest BCUT2D eigenvalue weighted by Crippen LogP contribution is 2.31. The number of amides is 1. The molecular formula is C22H22Cl2N4O4S. The van der Waals surface area contributed by atoms with Crippen LogP contribution in [0.25, 0.3) is 0 Å². The molecule has 0 saturated carbocycles. The summed E-state index contributed by atoms with van der Waals surface area (Å²) < 4.78 is 12.6. The minimum Gasteiger partial charge on any atom is -0.481 e. The van der Waals surface area contributed by atoms with Gasteiger partial charge in [0.05, 0.1) is 22.9 Å². The largest absolute Gasteiger partial charge is 0.481 e. The molecule has 3 aromatic rings. The van der Waals surface area contributed by atoms with Gasteiger partial charge in [-0.3, -0.25) is 4.79 Å². The van der Waals surface area contributed by atoms with E-state index in [9.17, 15) is 9.59 Å². The predicted molar refractivity (Wildman–Crippen MR) is 128 cm³/mol. The summed E-state index contributed by atoms with van der Waals surface area (Å²) in [6.45, 7) is 3.88. The molecule has 2 aromatic carbocycles. The Morgan fingerprint density at radius 1 is 1.15 bits per heavy atom.